The van der Waals surface area contributed by atoms with Crippen LogP contribution in [0.15, 0.2) is 180 Å². The maximum atomic E-state index is 9.49. The summed E-state index contributed by atoms with van der Waals surface area (Å²) in [5.74, 6) is 1.89. The summed E-state index contributed by atoms with van der Waals surface area (Å²) < 4.78 is 0. The maximum absolute atomic E-state index is 9.49. The van der Waals surface area contributed by atoms with Crippen molar-refractivity contribution in [1.82, 2.24) is 15.0 Å². The first-order valence-electron chi connectivity index (χ1n) is 17.3. The molecule has 0 N–H and O–H groups in total. The Kier molecular flexibility index (Phi) is 6.99. The Hall–Kier alpha value is -6.61. The third kappa shape index (κ3) is 4.59. The highest BCUT2D eigenvalue weighted by Gasteiger charge is 2.51. The molecule has 7 aromatic carbocycles. The van der Waals surface area contributed by atoms with Gasteiger partial charge in [0.2, 0.25) is 0 Å². The molecule has 10 rings (SSSR count). The largest absolute Gasteiger partial charge is 0.208 e. The quantitative estimate of drug-likeness (QED) is 0.185. The molecule has 2 aliphatic rings. The second kappa shape index (κ2) is 12.0. The predicted octanol–water partition coefficient (Wildman–Crippen LogP) is 11.2. The number of nitrogens with zero attached hydrogens (tertiary/aromatic N) is 4. The Morgan fingerprint density at radius 1 is 0.423 bits per heavy atom. The summed E-state index contributed by atoms with van der Waals surface area (Å²) in [4.78, 5) is 17.9. The fourth-order valence-corrected chi connectivity index (χ4v) is 9.18. The van der Waals surface area contributed by atoms with Crippen LogP contribution in [0.2, 0.25) is 0 Å². The first-order chi connectivity index (χ1) is 25.7. The van der Waals surface area contributed by atoms with Crippen molar-refractivity contribution < 1.29 is 0 Å². The van der Waals surface area contributed by atoms with Gasteiger partial charge >= 0.3 is 0 Å². The van der Waals surface area contributed by atoms with Gasteiger partial charge < -0.3 is 0 Å². The molecule has 1 aliphatic carbocycles. The Bertz CT molecular complexity index is 2610. The highest BCUT2D eigenvalue weighted by Crippen LogP contribution is 2.63. The Balaban J connectivity index is 1.30. The van der Waals surface area contributed by atoms with Gasteiger partial charge in [-0.3, -0.25) is 0 Å². The number of hydrogen-bond donors (Lipinski definition) is 0. The standard InChI is InChI=1S/C47H28N4S/c48-29-30-22-24-31(25-23-30)34-26-27-37-36(28-34)43-35(46-50-44(32-12-3-1-4-13-32)49-45(51-46)33-14-5-2-6-15-33)16-11-19-40(43)47(37)38-17-7-9-20-41(38)52-42-21-10-8-18-39(42)47/h1-28H. The van der Waals surface area contributed by atoms with E-state index < -0.39 is 5.41 Å². The molecule has 1 aliphatic heterocycles. The van der Waals surface area contributed by atoms with E-state index in [-0.39, 0.29) is 0 Å². The average Bonchev–Trinajstić information content (AvgIpc) is 3.51. The number of rotatable bonds is 4. The lowest BCUT2D eigenvalue weighted by atomic mass is 9.67. The average molecular weight is 681 g/mol. The number of benzene rings is 7. The molecule has 52 heavy (non-hydrogen) atoms. The molecule has 2 heterocycles. The van der Waals surface area contributed by atoms with Crippen LogP contribution in [0.4, 0.5) is 0 Å². The number of hydrogen-bond acceptors (Lipinski definition) is 5. The molecule has 5 heteroatoms. The maximum Gasteiger partial charge on any atom is 0.164 e. The van der Waals surface area contributed by atoms with Gasteiger partial charge in [-0.05, 0) is 74.8 Å². The topological polar surface area (TPSA) is 62.5 Å². The number of nitriles is 1. The predicted molar refractivity (Wildman–Crippen MR) is 208 cm³/mol. The Labute approximate surface area is 306 Å². The van der Waals surface area contributed by atoms with Gasteiger partial charge in [-0.1, -0.05) is 151 Å². The molecule has 0 atom stereocenters. The smallest absolute Gasteiger partial charge is 0.164 e. The van der Waals surface area contributed by atoms with Gasteiger partial charge in [-0.25, -0.2) is 15.0 Å². The van der Waals surface area contributed by atoms with Gasteiger partial charge in [0.1, 0.15) is 0 Å². The van der Waals surface area contributed by atoms with Crippen molar-refractivity contribution >= 4 is 11.8 Å². The monoisotopic (exact) mass is 680 g/mol. The zero-order chi connectivity index (χ0) is 34.6. The molecule has 8 aromatic rings. The van der Waals surface area contributed by atoms with E-state index in [4.69, 9.17) is 15.0 Å². The van der Waals surface area contributed by atoms with Crippen LogP contribution in [-0.2, 0) is 5.41 Å². The van der Waals surface area contributed by atoms with Crippen molar-refractivity contribution in [3.63, 3.8) is 0 Å². The van der Waals surface area contributed by atoms with E-state index in [0.29, 0.717) is 23.0 Å². The fraction of sp³-hybridized carbons (Fsp3) is 0.0213. The normalized spacial score (nSPS) is 13.1. The minimum Gasteiger partial charge on any atom is -0.208 e. The van der Waals surface area contributed by atoms with Crippen molar-refractivity contribution in [2.45, 2.75) is 15.2 Å². The van der Waals surface area contributed by atoms with E-state index in [1.54, 1.807) is 0 Å². The lowest BCUT2D eigenvalue weighted by Gasteiger charge is -2.39. The van der Waals surface area contributed by atoms with Gasteiger partial charge in [0.15, 0.2) is 17.5 Å². The highest BCUT2D eigenvalue weighted by atomic mass is 32.2. The van der Waals surface area contributed by atoms with Crippen LogP contribution in [0.25, 0.3) is 56.4 Å². The molecule has 0 saturated carbocycles. The molecule has 0 radical (unpaired) electrons. The first kappa shape index (κ1) is 30.2. The molecule has 0 amide bonds. The summed E-state index contributed by atoms with van der Waals surface area (Å²) in [5.41, 5.74) is 12.3. The first-order valence-corrected chi connectivity index (χ1v) is 18.1. The van der Waals surface area contributed by atoms with Gasteiger partial charge in [0.05, 0.1) is 17.0 Å². The molecular formula is C47H28N4S. The summed E-state index contributed by atoms with van der Waals surface area (Å²) >= 11 is 1.84. The van der Waals surface area contributed by atoms with Gasteiger partial charge in [-0.15, -0.1) is 0 Å². The van der Waals surface area contributed by atoms with E-state index in [1.807, 2.05) is 96.7 Å². The molecule has 0 saturated heterocycles. The molecule has 242 valence electrons. The van der Waals surface area contributed by atoms with Gasteiger partial charge in [0, 0.05) is 26.5 Å². The summed E-state index contributed by atoms with van der Waals surface area (Å²) in [6.45, 7) is 0. The minimum absolute atomic E-state index is 0.556. The number of aromatic nitrogens is 3. The second-order valence-electron chi connectivity index (χ2n) is 13.1. The summed E-state index contributed by atoms with van der Waals surface area (Å²) in [6.07, 6.45) is 0. The Morgan fingerprint density at radius 2 is 0.962 bits per heavy atom. The van der Waals surface area contributed by atoms with E-state index in [2.05, 4.69) is 91.0 Å². The van der Waals surface area contributed by atoms with Crippen LogP contribution >= 0.6 is 11.8 Å². The van der Waals surface area contributed by atoms with Crippen molar-refractivity contribution in [2.75, 3.05) is 0 Å². The van der Waals surface area contributed by atoms with Crippen LogP contribution in [0.5, 0.6) is 0 Å². The van der Waals surface area contributed by atoms with Crippen molar-refractivity contribution in [1.29, 1.82) is 5.26 Å². The van der Waals surface area contributed by atoms with Crippen molar-refractivity contribution in [2.24, 2.45) is 0 Å². The third-order valence-corrected chi connectivity index (χ3v) is 11.4. The molecule has 1 aromatic heterocycles. The van der Waals surface area contributed by atoms with Crippen LogP contribution in [-0.4, -0.2) is 15.0 Å². The Morgan fingerprint density at radius 3 is 1.58 bits per heavy atom. The van der Waals surface area contributed by atoms with Crippen LogP contribution < -0.4 is 0 Å². The summed E-state index contributed by atoms with van der Waals surface area (Å²) in [6, 6.07) is 61.5. The van der Waals surface area contributed by atoms with Crippen LogP contribution in [0.3, 0.4) is 0 Å². The van der Waals surface area contributed by atoms with Crippen LogP contribution in [0.1, 0.15) is 27.8 Å². The lowest BCUT2D eigenvalue weighted by molar-refractivity contribution is 0.722. The van der Waals surface area contributed by atoms with E-state index in [1.165, 1.54) is 32.0 Å². The molecule has 1 spiro atoms. The van der Waals surface area contributed by atoms with Gasteiger partial charge in [-0.2, -0.15) is 5.26 Å². The zero-order valence-corrected chi connectivity index (χ0v) is 28.7. The summed E-state index contributed by atoms with van der Waals surface area (Å²) in [7, 11) is 0. The molecule has 0 fully saturated rings. The minimum atomic E-state index is -0.556. The zero-order valence-electron chi connectivity index (χ0n) is 27.9. The second-order valence-corrected chi connectivity index (χ2v) is 14.1. The number of fused-ring (bicyclic) bond motifs is 9. The van der Waals surface area contributed by atoms with Crippen molar-refractivity contribution in [3.05, 3.63) is 198 Å². The molecule has 0 bridgehead atoms. The van der Waals surface area contributed by atoms with E-state index >= 15 is 0 Å². The SMILES string of the molecule is N#Cc1ccc(-c2ccc3c(c2)-c2c(-c4nc(-c5ccccc5)nc(-c5ccccc5)n4)cccc2C32c3ccccc3Sc3ccccc32)cc1. The molecular weight excluding hydrogens is 653 g/mol. The van der Waals surface area contributed by atoms with E-state index in [9.17, 15) is 5.26 Å². The molecule has 0 unspecified atom stereocenters. The van der Waals surface area contributed by atoms with Crippen LogP contribution in [0, 0.1) is 11.3 Å². The molecule has 4 nitrogen and oxygen atoms in total. The fourth-order valence-electron chi connectivity index (χ4n) is 7.99. The summed E-state index contributed by atoms with van der Waals surface area (Å²) in [5, 5.41) is 9.49. The van der Waals surface area contributed by atoms with Crippen molar-refractivity contribution in [3.8, 4) is 62.5 Å². The lowest BCUT2D eigenvalue weighted by Crippen LogP contribution is -2.31. The third-order valence-electron chi connectivity index (χ3n) is 10.3. The highest BCUT2D eigenvalue weighted by molar-refractivity contribution is 7.99. The van der Waals surface area contributed by atoms with Gasteiger partial charge in [0.25, 0.3) is 0 Å². The van der Waals surface area contributed by atoms with E-state index in [0.717, 1.165) is 38.9 Å².